The molecule has 0 saturated carbocycles. The molecular weight excluding hydrogens is 256 g/mol. The van der Waals surface area contributed by atoms with E-state index in [4.69, 9.17) is 0 Å². The summed E-state index contributed by atoms with van der Waals surface area (Å²) < 4.78 is 2.73. The highest BCUT2D eigenvalue weighted by molar-refractivity contribution is 9.10. The molecule has 80 valence electrons. The van der Waals surface area contributed by atoms with Crippen molar-refractivity contribution in [3.05, 3.63) is 22.8 Å². The summed E-state index contributed by atoms with van der Waals surface area (Å²) in [6.07, 6.45) is 5.73. The maximum atomic E-state index is 4.17. The number of aromatic nitrogens is 4. The first-order valence-corrected chi connectivity index (χ1v) is 5.82. The van der Waals surface area contributed by atoms with E-state index in [-0.39, 0.29) is 0 Å². The summed E-state index contributed by atoms with van der Waals surface area (Å²) in [5.41, 5.74) is 0.788. The van der Waals surface area contributed by atoms with E-state index < -0.39 is 0 Å². The molecular formula is C10H13BrN4. The van der Waals surface area contributed by atoms with E-state index in [9.17, 15) is 0 Å². The molecule has 2 rings (SSSR count). The monoisotopic (exact) mass is 268 g/mol. The van der Waals surface area contributed by atoms with Gasteiger partial charge in [0.2, 0.25) is 0 Å². The summed E-state index contributed by atoms with van der Waals surface area (Å²) in [6, 6.07) is 0. The lowest BCUT2D eigenvalue weighted by Crippen LogP contribution is -1.98. The molecule has 4 nitrogen and oxygen atoms in total. The number of rotatable bonds is 3. The van der Waals surface area contributed by atoms with E-state index in [1.54, 1.807) is 6.20 Å². The third-order valence-corrected chi connectivity index (χ3v) is 2.86. The summed E-state index contributed by atoms with van der Waals surface area (Å²) in [4.78, 5) is 4.11. The molecule has 0 amide bonds. The molecule has 0 N–H and O–H groups in total. The molecule has 2 aromatic rings. The van der Waals surface area contributed by atoms with Gasteiger partial charge in [0.25, 0.3) is 0 Å². The Morgan fingerprint density at radius 3 is 2.93 bits per heavy atom. The van der Waals surface area contributed by atoms with E-state index in [1.807, 2.05) is 10.6 Å². The fourth-order valence-electron chi connectivity index (χ4n) is 1.43. The van der Waals surface area contributed by atoms with E-state index in [2.05, 4.69) is 45.0 Å². The van der Waals surface area contributed by atoms with Gasteiger partial charge in [0, 0.05) is 18.8 Å². The van der Waals surface area contributed by atoms with Crippen molar-refractivity contribution < 1.29 is 0 Å². The van der Waals surface area contributed by atoms with Gasteiger partial charge < -0.3 is 0 Å². The third kappa shape index (κ3) is 2.17. The molecule has 2 heterocycles. The Bertz CT molecular complexity index is 463. The van der Waals surface area contributed by atoms with Crippen LogP contribution in [0.5, 0.6) is 0 Å². The van der Waals surface area contributed by atoms with Crippen LogP contribution in [0.3, 0.4) is 0 Å². The van der Waals surface area contributed by atoms with Crippen molar-refractivity contribution >= 4 is 21.6 Å². The Morgan fingerprint density at radius 1 is 1.40 bits per heavy atom. The van der Waals surface area contributed by atoms with Crippen molar-refractivity contribution in [2.24, 2.45) is 5.92 Å². The van der Waals surface area contributed by atoms with Gasteiger partial charge >= 0.3 is 0 Å². The Kier molecular flexibility index (Phi) is 3.00. The van der Waals surface area contributed by atoms with Crippen LogP contribution in [0, 0.1) is 5.92 Å². The standard InChI is InChI=1S/C10H13BrN4/c1-7(2)3-4-8-13-14-10-9(11)12-5-6-15(8)10/h5-7H,3-4H2,1-2H3. The predicted molar refractivity (Wildman–Crippen MR) is 61.6 cm³/mol. The van der Waals surface area contributed by atoms with E-state index in [1.165, 1.54) is 0 Å². The summed E-state index contributed by atoms with van der Waals surface area (Å²) >= 11 is 3.36. The van der Waals surface area contributed by atoms with Crippen molar-refractivity contribution in [2.75, 3.05) is 0 Å². The van der Waals surface area contributed by atoms with Crippen LogP contribution in [0.2, 0.25) is 0 Å². The minimum absolute atomic E-state index is 0.683. The summed E-state index contributed by atoms with van der Waals surface area (Å²) in [5, 5.41) is 8.27. The average molecular weight is 269 g/mol. The van der Waals surface area contributed by atoms with Crippen LogP contribution in [0.15, 0.2) is 17.0 Å². The van der Waals surface area contributed by atoms with Gasteiger partial charge in [-0.05, 0) is 28.3 Å². The van der Waals surface area contributed by atoms with Crippen molar-refractivity contribution in [1.29, 1.82) is 0 Å². The second-order valence-electron chi connectivity index (χ2n) is 3.96. The maximum absolute atomic E-state index is 4.17. The molecule has 0 bridgehead atoms. The van der Waals surface area contributed by atoms with Gasteiger partial charge in [-0.15, -0.1) is 10.2 Å². The number of halogens is 1. The number of hydrogen-bond acceptors (Lipinski definition) is 3. The van der Waals surface area contributed by atoms with Crippen molar-refractivity contribution in [2.45, 2.75) is 26.7 Å². The van der Waals surface area contributed by atoms with Gasteiger partial charge in [0.1, 0.15) is 5.82 Å². The first-order chi connectivity index (χ1) is 7.18. The zero-order valence-corrected chi connectivity index (χ0v) is 10.4. The van der Waals surface area contributed by atoms with Gasteiger partial charge in [0.05, 0.1) is 0 Å². The lowest BCUT2D eigenvalue weighted by Gasteiger charge is -2.02. The van der Waals surface area contributed by atoms with Crippen LogP contribution in [0.25, 0.3) is 5.65 Å². The van der Waals surface area contributed by atoms with Crippen LogP contribution in [0.1, 0.15) is 26.1 Å². The van der Waals surface area contributed by atoms with Gasteiger partial charge in [0.15, 0.2) is 10.3 Å². The smallest absolute Gasteiger partial charge is 0.193 e. The molecule has 0 aliphatic heterocycles. The van der Waals surface area contributed by atoms with Crippen LogP contribution >= 0.6 is 15.9 Å². The Labute approximate surface area is 96.9 Å². The third-order valence-electron chi connectivity index (χ3n) is 2.30. The molecule has 15 heavy (non-hydrogen) atoms. The molecule has 0 saturated heterocycles. The maximum Gasteiger partial charge on any atom is 0.193 e. The fourth-order valence-corrected chi connectivity index (χ4v) is 1.82. The van der Waals surface area contributed by atoms with Crippen molar-refractivity contribution in [1.82, 2.24) is 19.6 Å². The van der Waals surface area contributed by atoms with Gasteiger partial charge in [-0.1, -0.05) is 13.8 Å². The van der Waals surface area contributed by atoms with E-state index in [0.717, 1.165) is 28.9 Å². The molecule has 0 unspecified atom stereocenters. The average Bonchev–Trinajstić information content (AvgIpc) is 2.59. The van der Waals surface area contributed by atoms with Gasteiger partial charge in [-0.3, -0.25) is 4.40 Å². The molecule has 5 heteroatoms. The predicted octanol–water partition coefficient (Wildman–Crippen LogP) is 2.48. The molecule has 0 spiro atoms. The highest BCUT2D eigenvalue weighted by Gasteiger charge is 2.08. The molecule has 0 aromatic carbocycles. The largest absolute Gasteiger partial charge is 0.283 e. The summed E-state index contributed by atoms with van der Waals surface area (Å²) in [6.45, 7) is 4.42. The first kappa shape index (κ1) is 10.5. The van der Waals surface area contributed by atoms with Crippen molar-refractivity contribution in [3.8, 4) is 0 Å². The fraction of sp³-hybridized carbons (Fsp3) is 0.500. The molecule has 0 radical (unpaired) electrons. The minimum Gasteiger partial charge on any atom is -0.283 e. The second kappa shape index (κ2) is 4.26. The quantitative estimate of drug-likeness (QED) is 0.859. The van der Waals surface area contributed by atoms with Crippen LogP contribution < -0.4 is 0 Å². The normalized spacial score (nSPS) is 11.5. The van der Waals surface area contributed by atoms with Gasteiger partial charge in [-0.25, -0.2) is 4.98 Å². The van der Waals surface area contributed by atoms with Crippen molar-refractivity contribution in [3.63, 3.8) is 0 Å². The highest BCUT2D eigenvalue weighted by atomic mass is 79.9. The van der Waals surface area contributed by atoms with E-state index >= 15 is 0 Å². The molecule has 0 atom stereocenters. The number of nitrogens with zero attached hydrogens (tertiary/aromatic N) is 4. The SMILES string of the molecule is CC(C)CCc1nnc2c(Br)nccn12. The highest BCUT2D eigenvalue weighted by Crippen LogP contribution is 2.14. The molecule has 2 aromatic heterocycles. The van der Waals surface area contributed by atoms with Crippen LogP contribution in [-0.4, -0.2) is 19.6 Å². The second-order valence-corrected chi connectivity index (χ2v) is 4.71. The first-order valence-electron chi connectivity index (χ1n) is 5.02. The van der Waals surface area contributed by atoms with Gasteiger partial charge in [-0.2, -0.15) is 0 Å². The molecule has 0 aliphatic carbocycles. The lowest BCUT2D eigenvalue weighted by atomic mass is 10.1. The molecule has 0 fully saturated rings. The zero-order chi connectivity index (χ0) is 10.8. The Hall–Kier alpha value is -0.970. The zero-order valence-electron chi connectivity index (χ0n) is 8.81. The number of hydrogen-bond donors (Lipinski definition) is 0. The Morgan fingerprint density at radius 2 is 2.20 bits per heavy atom. The Balaban J connectivity index is 2.33. The van der Waals surface area contributed by atoms with Crippen LogP contribution in [0.4, 0.5) is 0 Å². The number of fused-ring (bicyclic) bond motifs is 1. The summed E-state index contributed by atoms with van der Waals surface area (Å²) in [7, 11) is 0. The lowest BCUT2D eigenvalue weighted by molar-refractivity contribution is 0.572. The molecule has 0 aliphatic rings. The summed E-state index contributed by atoms with van der Waals surface area (Å²) in [5.74, 6) is 1.68. The number of aryl methyl sites for hydroxylation is 1. The van der Waals surface area contributed by atoms with E-state index in [0.29, 0.717) is 5.92 Å². The topological polar surface area (TPSA) is 43.1 Å². The van der Waals surface area contributed by atoms with Crippen LogP contribution in [-0.2, 0) is 6.42 Å². The minimum atomic E-state index is 0.683.